The number of aliphatic carboxylic acids is 1. The summed E-state index contributed by atoms with van der Waals surface area (Å²) in [5.74, 6) is -0.904. The van der Waals surface area contributed by atoms with Crippen molar-refractivity contribution >= 4 is 11.9 Å². The zero-order valence-electron chi connectivity index (χ0n) is 10.4. The van der Waals surface area contributed by atoms with E-state index in [2.05, 4.69) is 10.6 Å². The van der Waals surface area contributed by atoms with Crippen LogP contribution in [0.1, 0.15) is 39.0 Å². The van der Waals surface area contributed by atoms with Crippen LogP contribution in [0.15, 0.2) is 0 Å². The van der Waals surface area contributed by atoms with Gasteiger partial charge in [-0.2, -0.15) is 0 Å². The predicted molar refractivity (Wildman–Crippen MR) is 64.7 cm³/mol. The molecule has 0 atom stereocenters. The van der Waals surface area contributed by atoms with E-state index in [0.717, 1.165) is 25.8 Å². The van der Waals surface area contributed by atoms with Gasteiger partial charge in [-0.1, -0.05) is 26.2 Å². The van der Waals surface area contributed by atoms with Crippen LogP contribution in [-0.2, 0) is 9.59 Å². The molecular formula is C12H22N2O3. The van der Waals surface area contributed by atoms with Crippen LogP contribution in [0, 0.1) is 5.41 Å². The lowest BCUT2D eigenvalue weighted by atomic mass is 9.74. The van der Waals surface area contributed by atoms with Crippen molar-refractivity contribution in [3.8, 4) is 0 Å². The molecule has 17 heavy (non-hydrogen) atoms. The lowest BCUT2D eigenvalue weighted by Gasteiger charge is -2.33. The Morgan fingerprint density at radius 2 is 1.88 bits per heavy atom. The normalized spacial score (nSPS) is 18.6. The molecule has 0 aromatic heterocycles. The van der Waals surface area contributed by atoms with E-state index in [0.29, 0.717) is 12.8 Å². The van der Waals surface area contributed by atoms with Gasteiger partial charge in [0.2, 0.25) is 5.91 Å². The minimum atomic E-state index is -0.777. The zero-order chi connectivity index (χ0) is 12.7. The van der Waals surface area contributed by atoms with E-state index in [-0.39, 0.29) is 19.0 Å². The maximum Gasteiger partial charge on any atom is 0.311 e. The molecule has 5 heteroatoms. The van der Waals surface area contributed by atoms with E-state index < -0.39 is 11.4 Å². The van der Waals surface area contributed by atoms with Crippen LogP contribution in [-0.4, -0.2) is 36.6 Å². The Kier molecular flexibility index (Phi) is 5.41. The molecule has 98 valence electrons. The number of rotatable bonds is 6. The van der Waals surface area contributed by atoms with Gasteiger partial charge in [0.15, 0.2) is 0 Å². The summed E-state index contributed by atoms with van der Waals surface area (Å²) in [5.41, 5.74) is -0.736. The Balaban J connectivity index is 2.44. The summed E-state index contributed by atoms with van der Waals surface area (Å²) in [7, 11) is 0. The topological polar surface area (TPSA) is 78.4 Å². The number of amides is 1. The highest BCUT2D eigenvalue weighted by Gasteiger charge is 2.39. The number of carboxylic acids is 1. The summed E-state index contributed by atoms with van der Waals surface area (Å²) in [6, 6.07) is 0. The molecule has 0 bridgehead atoms. The van der Waals surface area contributed by atoms with E-state index in [9.17, 15) is 14.7 Å². The van der Waals surface area contributed by atoms with E-state index in [1.165, 1.54) is 0 Å². The van der Waals surface area contributed by atoms with Crippen molar-refractivity contribution in [2.75, 3.05) is 19.6 Å². The van der Waals surface area contributed by atoms with E-state index in [4.69, 9.17) is 0 Å². The summed E-state index contributed by atoms with van der Waals surface area (Å²) in [6.45, 7) is 3.17. The molecule has 3 N–H and O–H groups in total. The van der Waals surface area contributed by atoms with Crippen molar-refractivity contribution in [3.05, 3.63) is 0 Å². The fourth-order valence-electron chi connectivity index (χ4n) is 2.26. The van der Waals surface area contributed by atoms with Gasteiger partial charge in [-0.3, -0.25) is 9.59 Å². The highest BCUT2D eigenvalue weighted by molar-refractivity contribution is 5.80. The zero-order valence-corrected chi connectivity index (χ0v) is 10.4. The summed E-state index contributed by atoms with van der Waals surface area (Å²) in [6.07, 6.45) is 4.32. The fourth-order valence-corrected chi connectivity index (χ4v) is 2.26. The molecule has 0 heterocycles. The average Bonchev–Trinajstić information content (AvgIpc) is 2.34. The predicted octanol–water partition coefficient (Wildman–Crippen LogP) is 0.747. The first kappa shape index (κ1) is 14.0. The van der Waals surface area contributed by atoms with Gasteiger partial charge in [0, 0.05) is 6.54 Å². The summed E-state index contributed by atoms with van der Waals surface area (Å²) in [4.78, 5) is 22.8. The SMILES string of the molecule is CCNCC(=O)NCC1(C(=O)O)CCCCC1. The molecule has 0 spiro atoms. The minimum absolute atomic E-state index is 0.127. The maximum atomic E-state index is 11.4. The number of carbonyl (C=O) groups excluding carboxylic acids is 1. The molecule has 0 aromatic carbocycles. The standard InChI is InChI=1S/C12H22N2O3/c1-2-13-8-10(15)14-9-12(11(16)17)6-4-3-5-7-12/h13H,2-9H2,1H3,(H,14,15)(H,16,17). The van der Waals surface area contributed by atoms with Gasteiger partial charge in [0.25, 0.3) is 0 Å². The second-order valence-corrected chi connectivity index (χ2v) is 4.70. The lowest BCUT2D eigenvalue weighted by Crippen LogP contribution is -2.46. The number of likely N-dealkylation sites (N-methyl/N-ethyl adjacent to an activating group) is 1. The third-order valence-corrected chi connectivity index (χ3v) is 3.42. The highest BCUT2D eigenvalue weighted by atomic mass is 16.4. The van der Waals surface area contributed by atoms with Crippen molar-refractivity contribution in [1.29, 1.82) is 0 Å². The minimum Gasteiger partial charge on any atom is -0.481 e. The van der Waals surface area contributed by atoms with Crippen LogP contribution >= 0.6 is 0 Å². The second kappa shape index (κ2) is 6.59. The number of hydrogen-bond donors (Lipinski definition) is 3. The summed E-state index contributed by atoms with van der Waals surface area (Å²) >= 11 is 0. The van der Waals surface area contributed by atoms with Crippen molar-refractivity contribution in [2.45, 2.75) is 39.0 Å². The number of nitrogens with one attached hydrogen (secondary N) is 2. The van der Waals surface area contributed by atoms with Crippen LogP contribution in [0.25, 0.3) is 0 Å². The van der Waals surface area contributed by atoms with Gasteiger partial charge in [0.05, 0.1) is 12.0 Å². The molecule has 0 radical (unpaired) electrons. The van der Waals surface area contributed by atoms with Crippen molar-refractivity contribution < 1.29 is 14.7 Å². The number of carboxylic acid groups (broad SMARTS) is 1. The van der Waals surface area contributed by atoms with Gasteiger partial charge >= 0.3 is 5.97 Å². The van der Waals surface area contributed by atoms with E-state index in [1.54, 1.807) is 0 Å². The molecule has 1 aliphatic carbocycles. The molecule has 1 saturated carbocycles. The largest absolute Gasteiger partial charge is 0.481 e. The smallest absolute Gasteiger partial charge is 0.311 e. The monoisotopic (exact) mass is 242 g/mol. The van der Waals surface area contributed by atoms with Gasteiger partial charge < -0.3 is 15.7 Å². The fraction of sp³-hybridized carbons (Fsp3) is 0.833. The molecule has 1 rings (SSSR count). The first-order chi connectivity index (χ1) is 8.10. The molecular weight excluding hydrogens is 220 g/mol. The van der Waals surface area contributed by atoms with Crippen LogP contribution in [0.4, 0.5) is 0 Å². The molecule has 1 fully saturated rings. The van der Waals surface area contributed by atoms with Gasteiger partial charge in [-0.25, -0.2) is 0 Å². The highest BCUT2D eigenvalue weighted by Crippen LogP contribution is 2.35. The van der Waals surface area contributed by atoms with Crippen LogP contribution in [0.5, 0.6) is 0 Å². The van der Waals surface area contributed by atoms with Crippen LogP contribution < -0.4 is 10.6 Å². The van der Waals surface area contributed by atoms with Gasteiger partial charge in [-0.05, 0) is 19.4 Å². The quantitative estimate of drug-likeness (QED) is 0.642. The van der Waals surface area contributed by atoms with Crippen molar-refractivity contribution in [3.63, 3.8) is 0 Å². The maximum absolute atomic E-state index is 11.4. The molecule has 1 amide bonds. The molecule has 0 aromatic rings. The summed E-state index contributed by atoms with van der Waals surface area (Å²) in [5, 5.41) is 15.0. The Labute approximate surface area is 102 Å². The van der Waals surface area contributed by atoms with Gasteiger partial charge in [-0.15, -0.1) is 0 Å². The van der Waals surface area contributed by atoms with Gasteiger partial charge in [0.1, 0.15) is 0 Å². The Morgan fingerprint density at radius 1 is 1.24 bits per heavy atom. The van der Waals surface area contributed by atoms with E-state index >= 15 is 0 Å². The third kappa shape index (κ3) is 4.00. The average molecular weight is 242 g/mol. The number of carbonyl (C=O) groups is 2. The summed E-state index contributed by atoms with van der Waals surface area (Å²) < 4.78 is 0. The Morgan fingerprint density at radius 3 is 2.41 bits per heavy atom. The molecule has 0 saturated heterocycles. The second-order valence-electron chi connectivity index (χ2n) is 4.70. The molecule has 1 aliphatic rings. The molecule has 0 aliphatic heterocycles. The molecule has 5 nitrogen and oxygen atoms in total. The Bertz CT molecular complexity index is 273. The van der Waals surface area contributed by atoms with E-state index in [1.807, 2.05) is 6.92 Å². The van der Waals surface area contributed by atoms with Crippen LogP contribution in [0.3, 0.4) is 0 Å². The van der Waals surface area contributed by atoms with Crippen molar-refractivity contribution in [1.82, 2.24) is 10.6 Å². The first-order valence-electron chi connectivity index (χ1n) is 6.31. The van der Waals surface area contributed by atoms with Crippen molar-refractivity contribution in [2.24, 2.45) is 5.41 Å². The Hall–Kier alpha value is -1.10. The van der Waals surface area contributed by atoms with Crippen LogP contribution in [0.2, 0.25) is 0 Å². The lowest BCUT2D eigenvalue weighted by molar-refractivity contribution is -0.151. The molecule has 0 unspecified atom stereocenters. The number of hydrogen-bond acceptors (Lipinski definition) is 3. The first-order valence-corrected chi connectivity index (χ1v) is 6.31. The third-order valence-electron chi connectivity index (χ3n) is 3.42.